The van der Waals surface area contributed by atoms with Crippen LogP contribution in [0.2, 0.25) is 0 Å². The highest BCUT2D eigenvalue weighted by molar-refractivity contribution is 7.89. The summed E-state index contributed by atoms with van der Waals surface area (Å²) in [6.07, 6.45) is 5.74. The van der Waals surface area contributed by atoms with Crippen LogP contribution in [0.1, 0.15) is 26.2 Å². The molecule has 0 aromatic heterocycles. The van der Waals surface area contributed by atoms with Crippen LogP contribution in [0.25, 0.3) is 0 Å². The summed E-state index contributed by atoms with van der Waals surface area (Å²) < 4.78 is 29.7. The molecule has 0 saturated heterocycles. The van der Waals surface area contributed by atoms with Gasteiger partial charge < -0.3 is 4.74 Å². The van der Waals surface area contributed by atoms with E-state index >= 15 is 0 Å². The molecule has 1 unspecified atom stereocenters. The Morgan fingerprint density at radius 2 is 2.19 bits per heavy atom. The van der Waals surface area contributed by atoms with Crippen molar-refractivity contribution in [3.05, 3.63) is 0 Å². The van der Waals surface area contributed by atoms with Gasteiger partial charge in [-0.3, -0.25) is 4.79 Å². The molecule has 6 heteroatoms. The number of esters is 1. The predicted octanol–water partition coefficient (Wildman–Crippen LogP) is 0.271. The molecule has 0 radical (unpaired) electrons. The summed E-state index contributed by atoms with van der Waals surface area (Å²) >= 11 is 0. The largest absolute Gasteiger partial charge is 0.469 e. The average molecular weight is 247 g/mol. The fourth-order valence-electron chi connectivity index (χ4n) is 1.09. The van der Waals surface area contributed by atoms with Crippen molar-refractivity contribution in [3.63, 3.8) is 0 Å². The molecular weight excluding hydrogens is 230 g/mol. The number of terminal acetylenes is 1. The van der Waals surface area contributed by atoms with Gasteiger partial charge in [0.15, 0.2) is 0 Å². The molecule has 0 rings (SSSR count). The van der Waals surface area contributed by atoms with Crippen LogP contribution in [-0.4, -0.2) is 33.3 Å². The van der Waals surface area contributed by atoms with Crippen molar-refractivity contribution in [2.75, 3.05) is 12.9 Å². The molecule has 1 atom stereocenters. The topological polar surface area (TPSA) is 72.5 Å². The number of hydrogen-bond acceptors (Lipinski definition) is 4. The maximum atomic E-state index is 11.5. The molecule has 1 N–H and O–H groups in total. The van der Waals surface area contributed by atoms with E-state index < -0.39 is 16.0 Å². The van der Waals surface area contributed by atoms with Crippen LogP contribution in [0.3, 0.4) is 0 Å². The maximum absolute atomic E-state index is 11.5. The van der Waals surface area contributed by atoms with E-state index in [4.69, 9.17) is 6.42 Å². The van der Waals surface area contributed by atoms with E-state index in [1.807, 2.05) is 0 Å². The first-order chi connectivity index (χ1) is 7.41. The number of nitrogens with one attached hydrogen (secondary N) is 1. The smallest absolute Gasteiger partial charge is 0.305 e. The Balaban J connectivity index is 3.97. The van der Waals surface area contributed by atoms with Gasteiger partial charge in [0.05, 0.1) is 12.9 Å². The third-order valence-corrected chi connectivity index (χ3v) is 3.41. The third-order valence-electron chi connectivity index (χ3n) is 1.83. The molecule has 0 fully saturated rings. The van der Waals surface area contributed by atoms with Gasteiger partial charge >= 0.3 is 5.97 Å². The number of sulfonamides is 1. The van der Waals surface area contributed by atoms with Crippen LogP contribution < -0.4 is 4.72 Å². The second-order valence-electron chi connectivity index (χ2n) is 3.43. The molecule has 0 aliphatic rings. The first-order valence-electron chi connectivity index (χ1n) is 4.91. The van der Waals surface area contributed by atoms with E-state index in [2.05, 4.69) is 15.4 Å². The van der Waals surface area contributed by atoms with Crippen molar-refractivity contribution >= 4 is 16.0 Å². The van der Waals surface area contributed by atoms with E-state index in [-0.39, 0.29) is 24.6 Å². The van der Waals surface area contributed by atoms with Crippen LogP contribution in [0.5, 0.6) is 0 Å². The lowest BCUT2D eigenvalue weighted by Gasteiger charge is -2.11. The van der Waals surface area contributed by atoms with Crippen molar-refractivity contribution in [3.8, 4) is 12.3 Å². The van der Waals surface area contributed by atoms with E-state index in [9.17, 15) is 13.2 Å². The van der Waals surface area contributed by atoms with Crippen LogP contribution in [0, 0.1) is 12.3 Å². The first-order valence-corrected chi connectivity index (χ1v) is 6.56. The molecule has 0 aliphatic heterocycles. The molecule has 0 aromatic rings. The normalized spacial score (nSPS) is 12.8. The van der Waals surface area contributed by atoms with Gasteiger partial charge in [0.25, 0.3) is 0 Å². The van der Waals surface area contributed by atoms with Crippen molar-refractivity contribution in [2.45, 2.75) is 32.2 Å². The molecule has 0 aliphatic carbocycles. The number of methoxy groups -OCH3 is 1. The highest BCUT2D eigenvalue weighted by atomic mass is 32.2. The highest BCUT2D eigenvalue weighted by Crippen LogP contribution is 1.99. The predicted molar refractivity (Wildman–Crippen MR) is 61.1 cm³/mol. The van der Waals surface area contributed by atoms with Crippen LogP contribution in [0.15, 0.2) is 0 Å². The zero-order chi connectivity index (χ0) is 12.6. The van der Waals surface area contributed by atoms with Gasteiger partial charge in [0.2, 0.25) is 10.0 Å². The zero-order valence-electron chi connectivity index (χ0n) is 9.52. The van der Waals surface area contributed by atoms with Crippen molar-refractivity contribution in [2.24, 2.45) is 0 Å². The second kappa shape index (κ2) is 7.25. The lowest BCUT2D eigenvalue weighted by atomic mass is 10.3. The van der Waals surface area contributed by atoms with E-state index in [1.165, 1.54) is 7.11 Å². The number of carbonyl (C=O) groups excluding carboxylic acids is 1. The summed E-state index contributed by atoms with van der Waals surface area (Å²) in [4.78, 5) is 10.8. The van der Waals surface area contributed by atoms with Gasteiger partial charge in [-0.1, -0.05) is 0 Å². The van der Waals surface area contributed by atoms with Gasteiger partial charge in [-0.25, -0.2) is 13.1 Å². The Kier molecular flexibility index (Phi) is 6.77. The highest BCUT2D eigenvalue weighted by Gasteiger charge is 2.14. The Hall–Kier alpha value is -1.06. The summed E-state index contributed by atoms with van der Waals surface area (Å²) in [7, 11) is -2.09. The maximum Gasteiger partial charge on any atom is 0.305 e. The molecule has 5 nitrogen and oxygen atoms in total. The lowest BCUT2D eigenvalue weighted by Crippen LogP contribution is -2.34. The minimum Gasteiger partial charge on any atom is -0.469 e. The third kappa shape index (κ3) is 7.26. The Bertz CT molecular complexity index is 356. The van der Waals surface area contributed by atoms with Gasteiger partial charge in [-0.2, -0.15) is 0 Å². The summed E-state index contributed by atoms with van der Waals surface area (Å²) in [5.74, 6) is 1.86. The summed E-state index contributed by atoms with van der Waals surface area (Å²) in [5.41, 5.74) is 0. The monoisotopic (exact) mass is 247 g/mol. The van der Waals surface area contributed by atoms with E-state index in [0.29, 0.717) is 6.42 Å². The van der Waals surface area contributed by atoms with Crippen molar-refractivity contribution < 1.29 is 17.9 Å². The lowest BCUT2D eigenvalue weighted by molar-refractivity contribution is -0.140. The summed E-state index contributed by atoms with van der Waals surface area (Å²) in [5, 5.41) is 0. The Morgan fingerprint density at radius 3 is 2.69 bits per heavy atom. The molecule has 0 amide bonds. The molecule has 92 valence electrons. The van der Waals surface area contributed by atoms with Crippen molar-refractivity contribution in [1.82, 2.24) is 4.72 Å². The van der Waals surface area contributed by atoms with E-state index in [1.54, 1.807) is 6.92 Å². The fourth-order valence-corrected chi connectivity index (χ4v) is 2.43. The quantitative estimate of drug-likeness (QED) is 0.518. The fraction of sp³-hybridized carbons (Fsp3) is 0.700. The van der Waals surface area contributed by atoms with Gasteiger partial charge in [0, 0.05) is 18.9 Å². The van der Waals surface area contributed by atoms with Gasteiger partial charge in [-0.15, -0.1) is 12.3 Å². The molecule has 0 bridgehead atoms. The molecular formula is C10H17NO4S. The molecule has 0 aromatic carbocycles. The second-order valence-corrected chi connectivity index (χ2v) is 5.30. The average Bonchev–Trinajstić information content (AvgIpc) is 2.16. The minimum absolute atomic E-state index is 0.0981. The van der Waals surface area contributed by atoms with E-state index in [0.717, 1.165) is 0 Å². The first kappa shape index (κ1) is 14.9. The van der Waals surface area contributed by atoms with Gasteiger partial charge in [-0.05, 0) is 13.3 Å². The summed E-state index contributed by atoms with van der Waals surface area (Å²) in [6, 6.07) is -0.284. The molecule has 0 spiro atoms. The number of hydrogen-bond donors (Lipinski definition) is 1. The van der Waals surface area contributed by atoms with Gasteiger partial charge in [0.1, 0.15) is 0 Å². The Labute approximate surface area is 96.6 Å². The molecule has 0 heterocycles. The zero-order valence-corrected chi connectivity index (χ0v) is 10.3. The van der Waals surface area contributed by atoms with Crippen molar-refractivity contribution in [1.29, 1.82) is 0 Å². The molecule has 0 saturated carbocycles. The van der Waals surface area contributed by atoms with Crippen LogP contribution in [-0.2, 0) is 19.6 Å². The van der Waals surface area contributed by atoms with Crippen LogP contribution >= 0.6 is 0 Å². The number of ether oxygens (including phenoxy) is 1. The number of carbonyl (C=O) groups is 1. The SMILES string of the molecule is C#CCC(C)NS(=O)(=O)CCCC(=O)OC. The number of rotatable bonds is 7. The van der Waals surface area contributed by atoms with Crippen LogP contribution in [0.4, 0.5) is 0 Å². The summed E-state index contributed by atoms with van der Waals surface area (Å²) in [6.45, 7) is 1.69. The standard InChI is InChI=1S/C10H17NO4S/c1-4-6-9(2)11-16(13,14)8-5-7-10(12)15-3/h1,9,11H,5-8H2,2-3H3. The minimum atomic E-state index is -3.36. The Morgan fingerprint density at radius 1 is 1.56 bits per heavy atom. The molecule has 16 heavy (non-hydrogen) atoms.